The van der Waals surface area contributed by atoms with Gasteiger partial charge in [0.25, 0.3) is 0 Å². The average molecular weight is 500 g/mol. The van der Waals surface area contributed by atoms with Gasteiger partial charge in [0.05, 0.1) is 26.3 Å². The van der Waals surface area contributed by atoms with E-state index in [2.05, 4.69) is 9.97 Å². The zero-order valence-electron chi connectivity index (χ0n) is 17.8. The van der Waals surface area contributed by atoms with Gasteiger partial charge in [-0.05, 0) is 32.0 Å². The van der Waals surface area contributed by atoms with Gasteiger partial charge in [-0.25, -0.2) is 9.78 Å². The third-order valence-electron chi connectivity index (χ3n) is 5.26. The number of aromatic carboxylic acids is 1. The largest absolute Gasteiger partial charge is 0.478 e. The van der Waals surface area contributed by atoms with Crippen LogP contribution in [0, 0.1) is 0 Å². The smallest absolute Gasteiger partial charge is 0.339 e. The Labute approximate surface area is 201 Å². The van der Waals surface area contributed by atoms with Crippen LogP contribution < -0.4 is 4.74 Å². The van der Waals surface area contributed by atoms with Crippen LogP contribution in [-0.2, 0) is 12.6 Å². The van der Waals surface area contributed by atoms with E-state index in [-0.39, 0.29) is 10.7 Å². The fourth-order valence-corrected chi connectivity index (χ4v) is 5.93. The lowest BCUT2D eigenvalue weighted by Gasteiger charge is -2.12. The van der Waals surface area contributed by atoms with Gasteiger partial charge in [0.15, 0.2) is 0 Å². The number of aromatic nitrogens is 3. The van der Waals surface area contributed by atoms with Crippen molar-refractivity contribution in [2.45, 2.75) is 19.4 Å². The van der Waals surface area contributed by atoms with E-state index in [0.29, 0.717) is 28.1 Å². The molecule has 0 amide bonds. The highest BCUT2D eigenvalue weighted by molar-refractivity contribution is 7.25. The highest BCUT2D eigenvalue weighted by Gasteiger charge is 2.22. The number of fused-ring (bicyclic) bond motifs is 2. The topological polar surface area (TPSA) is 97.5 Å². The van der Waals surface area contributed by atoms with Gasteiger partial charge in [-0.2, -0.15) is 0 Å². The molecule has 5 aromatic rings. The zero-order chi connectivity index (χ0) is 23.5. The molecule has 10 heteroatoms. The third kappa shape index (κ3) is 3.76. The molecule has 5 rings (SSSR count). The number of ether oxygens (including phenoxy) is 1. The molecule has 0 atom stereocenters. The normalized spacial score (nSPS) is 12.0. The first-order chi connectivity index (χ1) is 15.6. The lowest BCUT2D eigenvalue weighted by molar-refractivity contribution is 0.0698. The van der Waals surface area contributed by atoms with Crippen LogP contribution in [0.5, 0.6) is 11.5 Å². The van der Waals surface area contributed by atoms with Crippen LogP contribution in [0.2, 0.25) is 5.15 Å². The van der Waals surface area contributed by atoms with E-state index in [9.17, 15) is 15.0 Å². The van der Waals surface area contributed by atoms with E-state index < -0.39 is 11.6 Å². The van der Waals surface area contributed by atoms with Crippen molar-refractivity contribution >= 4 is 61.4 Å². The molecular weight excluding hydrogens is 482 g/mol. The maximum atomic E-state index is 11.6. The molecule has 0 fully saturated rings. The predicted octanol–water partition coefficient (Wildman–Crippen LogP) is 6.28. The van der Waals surface area contributed by atoms with E-state index in [4.69, 9.17) is 16.3 Å². The molecule has 0 unspecified atom stereocenters. The third-order valence-corrected chi connectivity index (χ3v) is 7.85. The van der Waals surface area contributed by atoms with Gasteiger partial charge in [-0.15, -0.1) is 22.7 Å². The van der Waals surface area contributed by atoms with Crippen molar-refractivity contribution in [1.82, 2.24) is 14.5 Å². The number of benzene rings is 1. The van der Waals surface area contributed by atoms with Crippen molar-refractivity contribution in [3.05, 3.63) is 58.3 Å². The highest BCUT2D eigenvalue weighted by atomic mass is 35.5. The van der Waals surface area contributed by atoms with Gasteiger partial charge in [-0.1, -0.05) is 11.6 Å². The van der Waals surface area contributed by atoms with Crippen LogP contribution in [0.3, 0.4) is 0 Å². The molecule has 33 heavy (non-hydrogen) atoms. The number of nitrogens with zero attached hydrogens (tertiary/aromatic N) is 3. The predicted molar refractivity (Wildman–Crippen MR) is 131 cm³/mol. The van der Waals surface area contributed by atoms with E-state index >= 15 is 0 Å². The fraction of sp³-hybridized carbons (Fsp3) is 0.174. The molecule has 1 aromatic carbocycles. The van der Waals surface area contributed by atoms with Gasteiger partial charge >= 0.3 is 5.97 Å². The number of halogens is 1. The molecule has 4 heterocycles. The Morgan fingerprint density at radius 3 is 2.73 bits per heavy atom. The number of pyridine rings is 1. The summed E-state index contributed by atoms with van der Waals surface area (Å²) in [7, 11) is 1.72. The quantitative estimate of drug-likeness (QED) is 0.295. The Bertz CT molecular complexity index is 1540. The number of carboxylic acid groups (broad SMARTS) is 1. The summed E-state index contributed by atoms with van der Waals surface area (Å²) in [6.07, 6.45) is 1.68. The van der Waals surface area contributed by atoms with Gasteiger partial charge in [-0.3, -0.25) is 4.98 Å². The van der Waals surface area contributed by atoms with E-state index in [0.717, 1.165) is 20.1 Å². The molecule has 0 saturated heterocycles. The van der Waals surface area contributed by atoms with Crippen LogP contribution in [0.15, 0.2) is 41.9 Å². The van der Waals surface area contributed by atoms with Crippen molar-refractivity contribution in [2.24, 2.45) is 7.05 Å². The number of thiazole rings is 1. The lowest BCUT2D eigenvalue weighted by Crippen LogP contribution is -2.15. The molecule has 0 bridgehead atoms. The van der Waals surface area contributed by atoms with Crippen LogP contribution in [0.25, 0.3) is 31.0 Å². The minimum absolute atomic E-state index is 0.0730. The molecule has 7 nitrogen and oxygen atoms in total. The maximum absolute atomic E-state index is 11.6. The first kappa shape index (κ1) is 21.8. The number of aliphatic hydroxyl groups is 1. The summed E-state index contributed by atoms with van der Waals surface area (Å²) in [5.41, 5.74) is 1.14. The molecule has 0 radical (unpaired) electrons. The Hall–Kier alpha value is -2.98. The van der Waals surface area contributed by atoms with Crippen molar-refractivity contribution in [2.75, 3.05) is 0 Å². The summed E-state index contributed by atoms with van der Waals surface area (Å²) < 4.78 is 8.67. The average Bonchev–Trinajstić information content (AvgIpc) is 3.45. The van der Waals surface area contributed by atoms with Crippen LogP contribution in [0.4, 0.5) is 0 Å². The molecule has 0 aliphatic carbocycles. The second-order valence-corrected chi connectivity index (χ2v) is 10.3. The Balaban J connectivity index is 1.53. The van der Waals surface area contributed by atoms with Gasteiger partial charge in [0, 0.05) is 36.1 Å². The summed E-state index contributed by atoms with van der Waals surface area (Å²) >= 11 is 9.21. The van der Waals surface area contributed by atoms with Gasteiger partial charge in [0.1, 0.15) is 32.8 Å². The number of hydrogen-bond donors (Lipinski definition) is 2. The van der Waals surface area contributed by atoms with E-state index in [1.807, 2.05) is 11.4 Å². The van der Waals surface area contributed by atoms with Crippen molar-refractivity contribution in [3.63, 3.8) is 0 Å². The summed E-state index contributed by atoms with van der Waals surface area (Å²) in [4.78, 5) is 21.6. The van der Waals surface area contributed by atoms with Gasteiger partial charge in [0.2, 0.25) is 0 Å². The number of aryl methyl sites for hydroxylation is 1. The van der Waals surface area contributed by atoms with Crippen LogP contribution >= 0.6 is 34.3 Å². The molecule has 168 valence electrons. The SMILES string of the molecule is Cn1c(Cl)c(C(=O)O)c2ccc(Oc3ccnc4cc(-c5nc(C(C)(C)O)cs5)sc34)cc21. The number of hydrogen-bond acceptors (Lipinski definition) is 7. The summed E-state index contributed by atoms with van der Waals surface area (Å²) in [5.74, 6) is 0.113. The summed E-state index contributed by atoms with van der Waals surface area (Å²) in [5, 5.41) is 23.1. The molecule has 4 aromatic heterocycles. The molecule has 0 aliphatic heterocycles. The molecule has 0 aliphatic rings. The zero-order valence-corrected chi connectivity index (χ0v) is 20.2. The highest BCUT2D eigenvalue weighted by Crippen LogP contribution is 2.41. The molecule has 0 spiro atoms. The van der Waals surface area contributed by atoms with Crippen molar-refractivity contribution in [1.29, 1.82) is 0 Å². The van der Waals surface area contributed by atoms with E-state index in [1.54, 1.807) is 55.9 Å². The molecule has 0 saturated carbocycles. The number of rotatable bonds is 5. The minimum atomic E-state index is -1.07. The Kier molecular flexibility index (Phi) is 5.17. The van der Waals surface area contributed by atoms with Crippen LogP contribution in [0.1, 0.15) is 29.9 Å². The second kappa shape index (κ2) is 7.81. The van der Waals surface area contributed by atoms with Gasteiger partial charge < -0.3 is 19.5 Å². The number of thiophene rings is 1. The van der Waals surface area contributed by atoms with Crippen molar-refractivity contribution in [3.8, 4) is 21.4 Å². The Morgan fingerprint density at radius 1 is 1.24 bits per heavy atom. The Morgan fingerprint density at radius 2 is 2.03 bits per heavy atom. The number of carboxylic acids is 1. The molecular formula is C23H18ClN3O4S2. The lowest BCUT2D eigenvalue weighted by atomic mass is 10.1. The second-order valence-electron chi connectivity index (χ2n) is 8.04. The first-order valence-corrected chi connectivity index (χ1v) is 12.0. The standard InChI is InChI=1S/C23H18ClN3O4S2/c1-23(2,30)17-10-32-21(26-17)16-9-13-19(33-16)15(6-7-25-13)31-11-4-5-12-14(8-11)27(3)20(24)18(12)22(28)29/h4-10,30H,1-3H3,(H,28,29). The monoisotopic (exact) mass is 499 g/mol. The maximum Gasteiger partial charge on any atom is 0.339 e. The van der Waals surface area contributed by atoms with E-state index in [1.165, 1.54) is 22.7 Å². The fourth-order valence-electron chi connectivity index (χ4n) is 3.55. The minimum Gasteiger partial charge on any atom is -0.478 e. The van der Waals surface area contributed by atoms with Crippen molar-refractivity contribution < 1.29 is 19.7 Å². The summed E-state index contributed by atoms with van der Waals surface area (Å²) in [6.45, 7) is 3.42. The van der Waals surface area contributed by atoms with Crippen LogP contribution in [-0.4, -0.2) is 30.7 Å². The molecule has 2 N–H and O–H groups in total. The first-order valence-electron chi connectivity index (χ1n) is 9.90. The summed E-state index contributed by atoms with van der Waals surface area (Å²) in [6, 6.07) is 8.94. The number of carbonyl (C=O) groups is 1.